The summed E-state index contributed by atoms with van der Waals surface area (Å²) in [5, 5.41) is 2.95. The first-order chi connectivity index (χ1) is 15.6. The summed E-state index contributed by atoms with van der Waals surface area (Å²) < 4.78 is 11.6. The molecule has 4 aromatic rings. The molecule has 1 atom stereocenters. The van der Waals surface area contributed by atoms with Crippen molar-refractivity contribution in [1.82, 2.24) is 4.98 Å². The fourth-order valence-corrected chi connectivity index (χ4v) is 3.49. The van der Waals surface area contributed by atoms with E-state index in [-0.39, 0.29) is 5.91 Å². The first-order valence-electron chi connectivity index (χ1n) is 11.1. The predicted molar refractivity (Wildman–Crippen MR) is 128 cm³/mol. The number of fused-ring (bicyclic) bond motifs is 1. The smallest absolute Gasteiger partial charge is 0.255 e. The summed E-state index contributed by atoms with van der Waals surface area (Å²) in [7, 11) is 0. The van der Waals surface area contributed by atoms with Crippen molar-refractivity contribution in [2.45, 2.75) is 39.5 Å². The molecule has 1 aromatic heterocycles. The summed E-state index contributed by atoms with van der Waals surface area (Å²) >= 11 is 0. The van der Waals surface area contributed by atoms with E-state index in [4.69, 9.17) is 9.15 Å². The number of rotatable bonds is 8. The maximum atomic E-state index is 12.8. The van der Waals surface area contributed by atoms with Gasteiger partial charge in [0.05, 0.1) is 6.61 Å². The Morgan fingerprint density at radius 3 is 2.72 bits per heavy atom. The minimum absolute atomic E-state index is 0.195. The van der Waals surface area contributed by atoms with Gasteiger partial charge in [-0.05, 0) is 72.9 Å². The highest BCUT2D eigenvalue weighted by molar-refractivity contribution is 6.04. The molecule has 3 aromatic carbocycles. The predicted octanol–water partition coefficient (Wildman–Crippen LogP) is 7.05. The molecule has 0 spiro atoms. The van der Waals surface area contributed by atoms with Crippen molar-refractivity contribution in [2.24, 2.45) is 0 Å². The minimum Gasteiger partial charge on any atom is -0.494 e. The zero-order valence-corrected chi connectivity index (χ0v) is 18.7. The van der Waals surface area contributed by atoms with E-state index in [1.165, 1.54) is 5.56 Å². The molecule has 5 nitrogen and oxygen atoms in total. The van der Waals surface area contributed by atoms with Crippen LogP contribution < -0.4 is 10.1 Å². The molecule has 0 fully saturated rings. The number of oxazole rings is 1. The molecule has 0 bridgehead atoms. The average Bonchev–Trinajstić information content (AvgIpc) is 3.26. The van der Waals surface area contributed by atoms with Crippen LogP contribution in [-0.2, 0) is 0 Å². The zero-order chi connectivity index (χ0) is 22.5. The van der Waals surface area contributed by atoms with Gasteiger partial charge in [-0.1, -0.05) is 39.0 Å². The summed E-state index contributed by atoms with van der Waals surface area (Å²) in [5.74, 6) is 1.51. The van der Waals surface area contributed by atoms with Gasteiger partial charge in [0.2, 0.25) is 5.89 Å². The third-order valence-corrected chi connectivity index (χ3v) is 5.53. The lowest BCUT2D eigenvalue weighted by molar-refractivity contribution is 0.102. The number of ether oxygens (including phenoxy) is 1. The fraction of sp³-hybridized carbons (Fsp3) is 0.259. The molecule has 0 saturated carbocycles. The Balaban J connectivity index is 1.54. The Labute approximate surface area is 188 Å². The van der Waals surface area contributed by atoms with E-state index in [2.05, 4.69) is 36.3 Å². The molecule has 164 valence electrons. The lowest BCUT2D eigenvalue weighted by Crippen LogP contribution is -2.12. The molecule has 1 N–H and O–H groups in total. The zero-order valence-electron chi connectivity index (χ0n) is 18.7. The van der Waals surface area contributed by atoms with E-state index < -0.39 is 0 Å². The highest BCUT2D eigenvalue weighted by Crippen LogP contribution is 2.29. The number of nitrogens with zero attached hydrogens (tertiary/aromatic N) is 1. The van der Waals surface area contributed by atoms with Gasteiger partial charge in [0.25, 0.3) is 5.91 Å². The van der Waals surface area contributed by atoms with Gasteiger partial charge < -0.3 is 14.5 Å². The minimum atomic E-state index is -0.195. The number of hydrogen-bond acceptors (Lipinski definition) is 4. The largest absolute Gasteiger partial charge is 0.494 e. The number of amides is 1. The molecular weight excluding hydrogens is 400 g/mol. The van der Waals surface area contributed by atoms with Gasteiger partial charge in [-0.3, -0.25) is 4.79 Å². The summed E-state index contributed by atoms with van der Waals surface area (Å²) in [6.07, 6.45) is 1.99. The molecule has 0 aliphatic carbocycles. The molecular formula is C27H28N2O3. The van der Waals surface area contributed by atoms with Crippen LogP contribution in [0, 0.1) is 0 Å². The van der Waals surface area contributed by atoms with Crippen LogP contribution in [-0.4, -0.2) is 17.5 Å². The Morgan fingerprint density at radius 2 is 1.91 bits per heavy atom. The normalized spacial score (nSPS) is 12.0. The first-order valence-corrected chi connectivity index (χ1v) is 11.1. The second kappa shape index (κ2) is 9.69. The molecule has 1 heterocycles. The van der Waals surface area contributed by atoms with Crippen LogP contribution in [0.5, 0.6) is 5.75 Å². The van der Waals surface area contributed by atoms with Gasteiger partial charge in [0.1, 0.15) is 11.3 Å². The molecule has 5 heteroatoms. The van der Waals surface area contributed by atoms with Gasteiger partial charge in [-0.15, -0.1) is 0 Å². The summed E-state index contributed by atoms with van der Waals surface area (Å²) in [4.78, 5) is 17.4. The van der Waals surface area contributed by atoms with Gasteiger partial charge in [0, 0.05) is 16.8 Å². The van der Waals surface area contributed by atoms with Crippen LogP contribution in [0.25, 0.3) is 22.6 Å². The lowest BCUT2D eigenvalue weighted by atomic mass is 9.98. The summed E-state index contributed by atoms with van der Waals surface area (Å²) in [6.45, 7) is 7.05. The van der Waals surface area contributed by atoms with Crippen molar-refractivity contribution >= 4 is 22.7 Å². The number of benzene rings is 3. The highest BCUT2D eigenvalue weighted by atomic mass is 16.5. The molecule has 0 saturated heterocycles. The Bertz CT molecular complexity index is 1230. The first kappa shape index (κ1) is 21.6. The average molecular weight is 429 g/mol. The van der Waals surface area contributed by atoms with Crippen LogP contribution >= 0.6 is 0 Å². The van der Waals surface area contributed by atoms with Gasteiger partial charge in [-0.2, -0.15) is 0 Å². The maximum Gasteiger partial charge on any atom is 0.255 e. The molecule has 0 aliphatic rings. The molecule has 0 radical (unpaired) electrons. The van der Waals surface area contributed by atoms with Gasteiger partial charge in [0.15, 0.2) is 5.58 Å². The second-order valence-electron chi connectivity index (χ2n) is 7.97. The topological polar surface area (TPSA) is 64.4 Å². The fourth-order valence-electron chi connectivity index (χ4n) is 3.49. The number of anilines is 1. The number of carbonyl (C=O) groups excluding carboxylic acids is 1. The lowest BCUT2D eigenvalue weighted by Gasteiger charge is -2.09. The van der Waals surface area contributed by atoms with E-state index in [1.54, 1.807) is 12.1 Å². The van der Waals surface area contributed by atoms with Crippen molar-refractivity contribution < 1.29 is 13.9 Å². The van der Waals surface area contributed by atoms with Crippen LogP contribution in [0.2, 0.25) is 0 Å². The van der Waals surface area contributed by atoms with Crippen molar-refractivity contribution in [3.63, 3.8) is 0 Å². The Morgan fingerprint density at radius 1 is 1.06 bits per heavy atom. The quantitative estimate of drug-likeness (QED) is 0.327. The molecule has 4 rings (SSSR count). The van der Waals surface area contributed by atoms with E-state index >= 15 is 0 Å². The monoisotopic (exact) mass is 428 g/mol. The van der Waals surface area contributed by atoms with Crippen LogP contribution in [0.15, 0.2) is 71.1 Å². The van der Waals surface area contributed by atoms with E-state index in [0.717, 1.165) is 29.5 Å². The maximum absolute atomic E-state index is 12.8. The number of hydrogen-bond donors (Lipinski definition) is 1. The Hall–Kier alpha value is -3.60. The van der Waals surface area contributed by atoms with Crippen LogP contribution in [0.3, 0.4) is 0 Å². The van der Waals surface area contributed by atoms with Crippen molar-refractivity contribution in [3.8, 4) is 17.2 Å². The van der Waals surface area contributed by atoms with Gasteiger partial charge in [-0.25, -0.2) is 4.98 Å². The highest BCUT2D eigenvalue weighted by Gasteiger charge is 2.13. The van der Waals surface area contributed by atoms with Crippen molar-refractivity contribution in [3.05, 3.63) is 77.9 Å². The number of carbonyl (C=O) groups is 1. The van der Waals surface area contributed by atoms with Crippen LogP contribution in [0.4, 0.5) is 5.69 Å². The van der Waals surface area contributed by atoms with E-state index in [0.29, 0.717) is 35.4 Å². The molecule has 1 unspecified atom stereocenters. The summed E-state index contributed by atoms with van der Waals surface area (Å²) in [6, 6.07) is 20.9. The van der Waals surface area contributed by atoms with Gasteiger partial charge >= 0.3 is 0 Å². The molecule has 32 heavy (non-hydrogen) atoms. The van der Waals surface area contributed by atoms with Crippen molar-refractivity contribution in [2.75, 3.05) is 11.9 Å². The Kier molecular flexibility index (Phi) is 6.55. The van der Waals surface area contributed by atoms with Crippen molar-refractivity contribution in [1.29, 1.82) is 0 Å². The van der Waals surface area contributed by atoms with E-state index in [9.17, 15) is 4.79 Å². The van der Waals surface area contributed by atoms with Crippen LogP contribution in [0.1, 0.15) is 55.5 Å². The third kappa shape index (κ3) is 4.83. The second-order valence-corrected chi connectivity index (χ2v) is 7.97. The third-order valence-electron chi connectivity index (χ3n) is 5.53. The number of aromatic nitrogens is 1. The number of nitrogens with one attached hydrogen (secondary N) is 1. The standard InChI is InChI=1S/C27H28N2O3/c1-4-14-31-23-11-7-8-20(16-23)26(30)28-22-10-6-9-21(15-22)27-29-24-17-19(18(3)5-2)12-13-25(24)32-27/h6-13,15-18H,4-5,14H2,1-3H3,(H,28,30). The van der Waals surface area contributed by atoms with E-state index in [1.807, 2.05) is 49.4 Å². The SMILES string of the molecule is CCCOc1cccc(C(=O)Nc2cccc(-c3nc4cc(C(C)CC)ccc4o3)c2)c1. The summed E-state index contributed by atoms with van der Waals surface area (Å²) in [5.41, 5.74) is 4.88. The molecule has 0 aliphatic heterocycles. The molecule has 1 amide bonds.